The number of rotatable bonds is 3. The number of nitrogens with zero attached hydrogens (tertiary/aromatic N) is 1. The van der Waals surface area contributed by atoms with E-state index < -0.39 is 5.91 Å². The lowest BCUT2D eigenvalue weighted by atomic mass is 9.89. The number of fused-ring (bicyclic) bond motifs is 1. The maximum Gasteiger partial charge on any atom is 0.274 e. The summed E-state index contributed by atoms with van der Waals surface area (Å²) in [6.45, 7) is 0.580. The van der Waals surface area contributed by atoms with Crippen molar-refractivity contribution in [2.45, 2.75) is 25.4 Å². The number of hydroxylamine groups is 1. The van der Waals surface area contributed by atoms with E-state index in [0.717, 1.165) is 12.0 Å². The molecule has 4 nitrogen and oxygen atoms in total. The van der Waals surface area contributed by atoms with Gasteiger partial charge in [0.1, 0.15) is 5.82 Å². The zero-order chi connectivity index (χ0) is 16.4. The normalized spacial score (nSPS) is 17.6. The smallest absolute Gasteiger partial charge is 0.274 e. The molecule has 0 saturated heterocycles. The second-order valence-corrected chi connectivity index (χ2v) is 6.00. The first-order chi connectivity index (χ1) is 11.1. The number of hydrogen-bond acceptors (Lipinski definition) is 3. The molecule has 2 N–H and O–H groups in total. The van der Waals surface area contributed by atoms with E-state index in [1.165, 1.54) is 11.6 Å². The lowest BCUT2D eigenvalue weighted by Crippen LogP contribution is -2.39. The largest absolute Gasteiger partial charge is 0.298 e. The first kappa shape index (κ1) is 15.6. The Kier molecular flexibility index (Phi) is 4.41. The summed E-state index contributed by atoms with van der Waals surface area (Å²) in [6.07, 6.45) is 1.46. The molecule has 0 aliphatic carbocycles. The Morgan fingerprint density at radius 1 is 1.35 bits per heavy atom. The van der Waals surface area contributed by atoms with E-state index in [1.807, 2.05) is 25.2 Å². The molecule has 0 spiro atoms. The number of carbonyl (C=O) groups excluding carboxylic acids is 1. The maximum absolute atomic E-state index is 14.4. The quantitative estimate of drug-likeness (QED) is 0.676. The van der Waals surface area contributed by atoms with Gasteiger partial charge in [0.25, 0.3) is 5.91 Å². The van der Waals surface area contributed by atoms with E-state index in [2.05, 4.69) is 17.0 Å². The first-order valence-electron chi connectivity index (χ1n) is 7.58. The molecule has 1 aliphatic heterocycles. The van der Waals surface area contributed by atoms with Gasteiger partial charge in [-0.1, -0.05) is 30.3 Å². The van der Waals surface area contributed by atoms with Crippen molar-refractivity contribution in [3.63, 3.8) is 0 Å². The molecule has 0 saturated carbocycles. The van der Waals surface area contributed by atoms with Crippen LogP contribution in [0.2, 0.25) is 0 Å². The zero-order valence-electron chi connectivity index (χ0n) is 12.9. The molecule has 120 valence electrons. The Labute approximate surface area is 134 Å². The van der Waals surface area contributed by atoms with E-state index in [4.69, 9.17) is 5.21 Å². The fourth-order valence-corrected chi connectivity index (χ4v) is 3.16. The predicted octanol–water partition coefficient (Wildman–Crippen LogP) is 2.54. The Balaban J connectivity index is 1.86. The average molecular weight is 314 g/mol. The van der Waals surface area contributed by atoms with Gasteiger partial charge in [-0.15, -0.1) is 0 Å². The number of carbonyl (C=O) groups is 1. The summed E-state index contributed by atoms with van der Waals surface area (Å²) in [5, 5.41) is 8.71. The number of halogens is 1. The fraction of sp³-hybridized carbons (Fsp3) is 0.278. The van der Waals surface area contributed by atoms with Crippen molar-refractivity contribution < 1.29 is 14.4 Å². The van der Waals surface area contributed by atoms with Crippen LogP contribution in [-0.4, -0.2) is 29.1 Å². The minimum absolute atomic E-state index is 0.138. The molecule has 23 heavy (non-hydrogen) atoms. The molecule has 1 aliphatic rings. The summed E-state index contributed by atoms with van der Waals surface area (Å²) < 4.78 is 14.4. The Morgan fingerprint density at radius 2 is 2.09 bits per heavy atom. The van der Waals surface area contributed by atoms with Crippen LogP contribution in [0, 0.1) is 5.82 Å². The van der Waals surface area contributed by atoms with E-state index in [-0.39, 0.29) is 17.4 Å². The molecular formula is C18H19FN2O2. The highest BCUT2D eigenvalue weighted by Gasteiger charge is 2.27. The van der Waals surface area contributed by atoms with Gasteiger partial charge in [0.05, 0.1) is 0 Å². The zero-order valence-corrected chi connectivity index (χ0v) is 12.9. The Bertz CT molecular complexity index is 718. The third kappa shape index (κ3) is 3.25. The van der Waals surface area contributed by atoms with Crippen LogP contribution in [0.3, 0.4) is 0 Å². The highest BCUT2D eigenvalue weighted by Crippen LogP contribution is 2.27. The molecule has 0 fully saturated rings. The highest BCUT2D eigenvalue weighted by molar-refractivity contribution is 5.93. The molecule has 1 amide bonds. The molecule has 1 atom stereocenters. The van der Waals surface area contributed by atoms with Crippen molar-refractivity contribution in [1.29, 1.82) is 0 Å². The van der Waals surface area contributed by atoms with Crippen molar-refractivity contribution in [3.8, 4) is 0 Å². The van der Waals surface area contributed by atoms with Crippen LogP contribution >= 0.6 is 0 Å². The Morgan fingerprint density at radius 3 is 2.78 bits per heavy atom. The molecule has 0 unspecified atom stereocenters. The van der Waals surface area contributed by atoms with Crippen molar-refractivity contribution >= 4 is 5.91 Å². The third-order valence-corrected chi connectivity index (χ3v) is 4.45. The van der Waals surface area contributed by atoms with Crippen molar-refractivity contribution in [1.82, 2.24) is 10.4 Å². The summed E-state index contributed by atoms with van der Waals surface area (Å²) in [7, 11) is 2.01. The minimum Gasteiger partial charge on any atom is -0.298 e. The molecule has 0 bridgehead atoms. The monoisotopic (exact) mass is 314 g/mol. The molecule has 2 aromatic carbocycles. The number of benzene rings is 2. The number of amides is 1. The molecule has 0 radical (unpaired) electrons. The molecule has 2 aromatic rings. The highest BCUT2D eigenvalue weighted by atomic mass is 19.1. The predicted molar refractivity (Wildman–Crippen MR) is 84.8 cm³/mol. The molecule has 5 heteroatoms. The lowest BCUT2D eigenvalue weighted by molar-refractivity contribution is 0.0705. The first-order valence-corrected chi connectivity index (χ1v) is 7.58. The van der Waals surface area contributed by atoms with Crippen LogP contribution in [-0.2, 0) is 19.4 Å². The second-order valence-electron chi connectivity index (χ2n) is 6.00. The van der Waals surface area contributed by atoms with Crippen LogP contribution in [0.15, 0.2) is 42.5 Å². The van der Waals surface area contributed by atoms with Gasteiger partial charge in [0, 0.05) is 18.2 Å². The number of hydrogen-bond donors (Lipinski definition) is 2. The average Bonchev–Trinajstić information content (AvgIpc) is 2.56. The molecule has 3 rings (SSSR count). The van der Waals surface area contributed by atoms with Gasteiger partial charge < -0.3 is 0 Å². The van der Waals surface area contributed by atoms with Gasteiger partial charge >= 0.3 is 0 Å². The minimum atomic E-state index is -0.694. The second kappa shape index (κ2) is 6.48. The topological polar surface area (TPSA) is 52.6 Å². The summed E-state index contributed by atoms with van der Waals surface area (Å²) in [6, 6.07) is 13.2. The molecule has 0 aromatic heterocycles. The van der Waals surface area contributed by atoms with E-state index in [1.54, 1.807) is 11.5 Å². The van der Waals surface area contributed by atoms with Gasteiger partial charge in [-0.2, -0.15) is 0 Å². The van der Waals surface area contributed by atoms with Gasteiger partial charge in [-0.25, -0.2) is 9.87 Å². The van der Waals surface area contributed by atoms with Gasteiger partial charge in [0.2, 0.25) is 0 Å². The van der Waals surface area contributed by atoms with Crippen LogP contribution < -0.4 is 5.48 Å². The van der Waals surface area contributed by atoms with Gasteiger partial charge in [-0.05, 0) is 48.7 Å². The standard InChI is InChI=1S/C18H19FN2O2/c1-21-11-14-8-13(18(22)20-23)9-17(19)16(14)10-15(21)7-12-5-3-2-4-6-12/h2-6,8-9,15,23H,7,10-11H2,1H3,(H,20,22)/t15-/m0/s1. The Hall–Kier alpha value is -2.24. The van der Waals surface area contributed by atoms with Crippen LogP contribution in [0.1, 0.15) is 27.0 Å². The van der Waals surface area contributed by atoms with Crippen molar-refractivity contribution in [2.75, 3.05) is 7.05 Å². The van der Waals surface area contributed by atoms with E-state index in [9.17, 15) is 9.18 Å². The van der Waals surface area contributed by atoms with Crippen molar-refractivity contribution in [3.05, 3.63) is 70.5 Å². The lowest BCUT2D eigenvalue weighted by Gasteiger charge is -2.34. The van der Waals surface area contributed by atoms with Gasteiger partial charge in [0.15, 0.2) is 0 Å². The number of nitrogens with one attached hydrogen (secondary N) is 1. The number of likely N-dealkylation sites (N-methyl/N-ethyl adjacent to an activating group) is 1. The van der Waals surface area contributed by atoms with E-state index in [0.29, 0.717) is 18.5 Å². The molecule has 1 heterocycles. The summed E-state index contributed by atoms with van der Waals surface area (Å²) in [4.78, 5) is 13.7. The van der Waals surface area contributed by atoms with Crippen molar-refractivity contribution in [2.24, 2.45) is 0 Å². The summed E-state index contributed by atoms with van der Waals surface area (Å²) in [5.74, 6) is -1.08. The van der Waals surface area contributed by atoms with Crippen LogP contribution in [0.5, 0.6) is 0 Å². The van der Waals surface area contributed by atoms with Crippen LogP contribution in [0.25, 0.3) is 0 Å². The third-order valence-electron chi connectivity index (χ3n) is 4.45. The SMILES string of the molecule is CN1Cc2cc(C(=O)NO)cc(F)c2C[C@@H]1Cc1ccccc1. The fourth-order valence-electron chi connectivity index (χ4n) is 3.16. The van der Waals surface area contributed by atoms with Gasteiger partial charge in [-0.3, -0.25) is 14.9 Å². The molecular weight excluding hydrogens is 295 g/mol. The summed E-state index contributed by atoms with van der Waals surface area (Å²) >= 11 is 0. The van der Waals surface area contributed by atoms with Crippen LogP contribution in [0.4, 0.5) is 4.39 Å². The van der Waals surface area contributed by atoms with E-state index >= 15 is 0 Å². The summed E-state index contributed by atoms with van der Waals surface area (Å²) in [5.41, 5.74) is 4.38. The maximum atomic E-state index is 14.4.